The summed E-state index contributed by atoms with van der Waals surface area (Å²) in [6.45, 7) is 3.47. The predicted molar refractivity (Wildman–Crippen MR) is 135 cm³/mol. The number of halogens is 2. The molecule has 32 heavy (non-hydrogen) atoms. The van der Waals surface area contributed by atoms with Crippen molar-refractivity contribution in [3.63, 3.8) is 0 Å². The standard InChI is InChI=1S/C23H31FN4O3.HI/c1-4-25-23(27-15-20(29)16-31-21-10-8-19(24)9-11-21)26-13-12-17-6-5-7-18(14-17)22(30)28(2)3;/h5-11,14,20,29H,4,12-13,15-16H2,1-3H3,(H2,25,26,27);1H. The second-order valence-electron chi connectivity index (χ2n) is 7.22. The number of amides is 1. The fraction of sp³-hybridized carbons (Fsp3) is 0.391. The molecule has 0 spiro atoms. The van der Waals surface area contributed by atoms with Crippen LogP contribution in [0.2, 0.25) is 0 Å². The molecule has 0 saturated heterocycles. The van der Waals surface area contributed by atoms with E-state index in [-0.39, 0.29) is 48.9 Å². The van der Waals surface area contributed by atoms with Crippen LogP contribution in [-0.4, -0.2) is 68.3 Å². The third-order valence-electron chi connectivity index (χ3n) is 4.35. The zero-order valence-electron chi connectivity index (χ0n) is 18.7. The first kappa shape index (κ1) is 27.6. The molecule has 9 heteroatoms. The molecule has 0 heterocycles. The Morgan fingerprint density at radius 2 is 1.91 bits per heavy atom. The van der Waals surface area contributed by atoms with Crippen LogP contribution in [0.3, 0.4) is 0 Å². The number of aliphatic hydroxyl groups excluding tert-OH is 1. The molecule has 0 aliphatic carbocycles. The smallest absolute Gasteiger partial charge is 0.253 e. The number of carbonyl (C=O) groups excluding carboxylic acids is 1. The Balaban J connectivity index is 0.00000512. The number of nitrogens with zero attached hydrogens (tertiary/aromatic N) is 2. The van der Waals surface area contributed by atoms with Crippen LogP contribution in [0.4, 0.5) is 4.39 Å². The lowest BCUT2D eigenvalue weighted by molar-refractivity contribution is 0.0827. The number of aliphatic imine (C=N–C) groups is 1. The number of nitrogens with one attached hydrogen (secondary N) is 2. The van der Waals surface area contributed by atoms with Gasteiger partial charge < -0.3 is 25.4 Å². The van der Waals surface area contributed by atoms with Crippen LogP contribution in [0.1, 0.15) is 22.8 Å². The third-order valence-corrected chi connectivity index (χ3v) is 4.35. The molecule has 0 fully saturated rings. The Hall–Kier alpha value is -2.40. The van der Waals surface area contributed by atoms with E-state index in [4.69, 9.17) is 4.74 Å². The largest absolute Gasteiger partial charge is 0.491 e. The summed E-state index contributed by atoms with van der Waals surface area (Å²) in [5.41, 5.74) is 1.70. The van der Waals surface area contributed by atoms with Crippen LogP contribution >= 0.6 is 24.0 Å². The summed E-state index contributed by atoms with van der Waals surface area (Å²) >= 11 is 0. The maximum Gasteiger partial charge on any atom is 0.253 e. The Kier molecular flexibility index (Phi) is 12.6. The van der Waals surface area contributed by atoms with Gasteiger partial charge in [0.25, 0.3) is 5.91 Å². The van der Waals surface area contributed by atoms with E-state index < -0.39 is 6.10 Å². The van der Waals surface area contributed by atoms with Crippen LogP contribution in [0.5, 0.6) is 5.75 Å². The lowest BCUT2D eigenvalue weighted by Crippen LogP contribution is -2.39. The van der Waals surface area contributed by atoms with Gasteiger partial charge in [-0.1, -0.05) is 12.1 Å². The maximum atomic E-state index is 12.9. The van der Waals surface area contributed by atoms with Crippen molar-refractivity contribution in [3.05, 3.63) is 65.5 Å². The molecule has 0 aromatic heterocycles. The van der Waals surface area contributed by atoms with Gasteiger partial charge in [-0.15, -0.1) is 24.0 Å². The van der Waals surface area contributed by atoms with E-state index in [2.05, 4.69) is 15.6 Å². The minimum absolute atomic E-state index is 0. The van der Waals surface area contributed by atoms with E-state index in [0.29, 0.717) is 30.4 Å². The number of carbonyl (C=O) groups is 1. The molecule has 1 amide bonds. The number of hydrogen-bond acceptors (Lipinski definition) is 4. The van der Waals surface area contributed by atoms with Gasteiger partial charge in [0, 0.05) is 32.7 Å². The zero-order valence-corrected chi connectivity index (χ0v) is 21.0. The second kappa shape index (κ2) is 14.6. The minimum Gasteiger partial charge on any atom is -0.491 e. The van der Waals surface area contributed by atoms with E-state index in [1.54, 1.807) is 25.1 Å². The van der Waals surface area contributed by atoms with E-state index in [1.807, 2.05) is 25.1 Å². The molecular weight excluding hydrogens is 526 g/mol. The average Bonchev–Trinajstić information content (AvgIpc) is 2.76. The molecular formula is C23H32FIN4O3. The van der Waals surface area contributed by atoms with Gasteiger partial charge >= 0.3 is 0 Å². The Bertz CT molecular complexity index is 863. The summed E-state index contributed by atoms with van der Waals surface area (Å²) in [5, 5.41) is 16.5. The average molecular weight is 558 g/mol. The molecule has 1 atom stereocenters. The molecule has 2 aromatic rings. The van der Waals surface area contributed by atoms with Gasteiger partial charge in [-0.3, -0.25) is 9.79 Å². The monoisotopic (exact) mass is 558 g/mol. The van der Waals surface area contributed by atoms with Crippen molar-refractivity contribution < 1.29 is 19.0 Å². The molecule has 0 saturated carbocycles. The highest BCUT2D eigenvalue weighted by Gasteiger charge is 2.09. The van der Waals surface area contributed by atoms with Crippen molar-refractivity contribution in [2.75, 3.05) is 40.3 Å². The second-order valence-corrected chi connectivity index (χ2v) is 7.22. The fourth-order valence-electron chi connectivity index (χ4n) is 2.76. The first-order valence-corrected chi connectivity index (χ1v) is 10.3. The SMILES string of the molecule is CCNC(=NCC(O)COc1ccc(F)cc1)NCCc1cccc(C(=O)N(C)C)c1.I. The number of ether oxygens (including phenoxy) is 1. The fourth-order valence-corrected chi connectivity index (χ4v) is 2.76. The predicted octanol–water partition coefficient (Wildman–Crippen LogP) is 2.68. The molecule has 2 aromatic carbocycles. The molecule has 0 aliphatic rings. The van der Waals surface area contributed by atoms with Gasteiger partial charge in [0.15, 0.2) is 5.96 Å². The Labute approximate surface area is 206 Å². The third kappa shape index (κ3) is 9.82. The molecule has 7 nitrogen and oxygen atoms in total. The van der Waals surface area contributed by atoms with E-state index in [9.17, 15) is 14.3 Å². The lowest BCUT2D eigenvalue weighted by atomic mass is 10.1. The van der Waals surface area contributed by atoms with Gasteiger partial charge in [-0.25, -0.2) is 4.39 Å². The molecule has 176 valence electrons. The van der Waals surface area contributed by atoms with Gasteiger partial charge in [-0.05, 0) is 55.3 Å². The highest BCUT2D eigenvalue weighted by molar-refractivity contribution is 14.0. The van der Waals surface area contributed by atoms with Crippen LogP contribution in [-0.2, 0) is 6.42 Å². The first-order chi connectivity index (χ1) is 14.9. The van der Waals surface area contributed by atoms with Crippen LogP contribution in [0, 0.1) is 5.82 Å². The number of aliphatic hydroxyl groups is 1. The van der Waals surface area contributed by atoms with Gasteiger partial charge in [0.05, 0.1) is 6.54 Å². The van der Waals surface area contributed by atoms with E-state index in [0.717, 1.165) is 12.0 Å². The summed E-state index contributed by atoms with van der Waals surface area (Å²) in [7, 11) is 3.46. The van der Waals surface area contributed by atoms with Gasteiger partial charge in [0.1, 0.15) is 24.3 Å². The summed E-state index contributed by atoms with van der Waals surface area (Å²) < 4.78 is 18.4. The zero-order chi connectivity index (χ0) is 22.6. The summed E-state index contributed by atoms with van der Waals surface area (Å²) in [6.07, 6.45) is -0.0795. The van der Waals surface area contributed by atoms with Crippen molar-refractivity contribution in [1.82, 2.24) is 15.5 Å². The quantitative estimate of drug-likeness (QED) is 0.237. The molecule has 0 aliphatic heterocycles. The van der Waals surface area contributed by atoms with Crippen molar-refractivity contribution in [3.8, 4) is 5.75 Å². The molecule has 0 bridgehead atoms. The van der Waals surface area contributed by atoms with Gasteiger partial charge in [-0.2, -0.15) is 0 Å². The summed E-state index contributed by atoms with van der Waals surface area (Å²) in [5.74, 6) is 0.713. The van der Waals surface area contributed by atoms with Crippen molar-refractivity contribution >= 4 is 35.8 Å². The molecule has 1 unspecified atom stereocenters. The van der Waals surface area contributed by atoms with Crippen LogP contribution < -0.4 is 15.4 Å². The normalized spacial score (nSPS) is 11.8. The minimum atomic E-state index is -0.797. The van der Waals surface area contributed by atoms with Crippen molar-refractivity contribution in [1.29, 1.82) is 0 Å². The number of benzene rings is 2. The summed E-state index contributed by atoms with van der Waals surface area (Å²) in [6, 6.07) is 13.2. The molecule has 2 rings (SSSR count). The van der Waals surface area contributed by atoms with Crippen LogP contribution in [0.25, 0.3) is 0 Å². The Morgan fingerprint density at radius 3 is 2.56 bits per heavy atom. The topological polar surface area (TPSA) is 86.2 Å². The molecule has 0 radical (unpaired) electrons. The van der Waals surface area contributed by atoms with Gasteiger partial charge in [0.2, 0.25) is 0 Å². The van der Waals surface area contributed by atoms with E-state index in [1.165, 1.54) is 24.3 Å². The van der Waals surface area contributed by atoms with Crippen molar-refractivity contribution in [2.24, 2.45) is 4.99 Å². The maximum absolute atomic E-state index is 12.9. The number of hydrogen-bond donors (Lipinski definition) is 3. The number of guanidine groups is 1. The van der Waals surface area contributed by atoms with Crippen molar-refractivity contribution in [2.45, 2.75) is 19.4 Å². The molecule has 3 N–H and O–H groups in total. The highest BCUT2D eigenvalue weighted by Crippen LogP contribution is 2.11. The Morgan fingerprint density at radius 1 is 1.19 bits per heavy atom. The van der Waals surface area contributed by atoms with Crippen LogP contribution in [0.15, 0.2) is 53.5 Å². The first-order valence-electron chi connectivity index (χ1n) is 10.3. The lowest BCUT2D eigenvalue weighted by Gasteiger charge is -2.14. The van der Waals surface area contributed by atoms with E-state index >= 15 is 0 Å². The number of rotatable bonds is 10. The summed E-state index contributed by atoms with van der Waals surface area (Å²) in [4.78, 5) is 18.0. The highest BCUT2D eigenvalue weighted by atomic mass is 127.